The Balaban J connectivity index is 0. The molecule has 1 aromatic carbocycles. The summed E-state index contributed by atoms with van der Waals surface area (Å²) in [7, 11) is -2.21. The first-order valence-corrected chi connectivity index (χ1v) is 8.36. The highest BCUT2D eigenvalue weighted by Crippen LogP contribution is 2.34. The van der Waals surface area contributed by atoms with Crippen molar-refractivity contribution in [3.05, 3.63) is 36.4 Å². The topological polar surface area (TPSA) is 83.6 Å². The van der Waals surface area contributed by atoms with Gasteiger partial charge in [0.05, 0.1) is 6.16 Å². The van der Waals surface area contributed by atoms with Crippen molar-refractivity contribution in [3.63, 3.8) is 0 Å². The molecule has 0 unspecified atom stereocenters. The highest BCUT2D eigenvalue weighted by atomic mass is 32.2. The molecule has 0 radical (unpaired) electrons. The van der Waals surface area contributed by atoms with E-state index in [-0.39, 0.29) is 6.16 Å². The van der Waals surface area contributed by atoms with Gasteiger partial charge in [-0.05, 0) is 25.5 Å². The fraction of sp³-hybridized carbons (Fsp3) is 0.455. The fourth-order valence-electron chi connectivity index (χ4n) is 0.800. The Morgan fingerprint density at radius 2 is 1.41 bits per heavy atom. The molecule has 100 valence electrons. The van der Waals surface area contributed by atoms with Crippen molar-refractivity contribution in [3.8, 4) is 0 Å². The fourth-order valence-corrected chi connectivity index (χ4v) is 2.02. The molecule has 6 heteroatoms. The predicted molar refractivity (Wildman–Crippen MR) is 76.5 cm³/mol. The van der Waals surface area contributed by atoms with Gasteiger partial charge in [0.1, 0.15) is 0 Å². The van der Waals surface area contributed by atoms with Crippen molar-refractivity contribution in [2.75, 3.05) is 25.2 Å². The molecule has 1 rings (SSSR count). The molecule has 4 nitrogen and oxygen atoms in total. The molecule has 0 atom stereocenters. The van der Waals surface area contributed by atoms with Gasteiger partial charge < -0.3 is 15.5 Å². The van der Waals surface area contributed by atoms with Gasteiger partial charge in [-0.15, -0.1) is 0 Å². The smallest absolute Gasteiger partial charge is 0.325 e. The Morgan fingerprint density at radius 3 is 1.65 bits per heavy atom. The van der Waals surface area contributed by atoms with E-state index in [0.29, 0.717) is 6.42 Å². The largest absolute Gasteiger partial charge is 0.333 e. The zero-order valence-corrected chi connectivity index (χ0v) is 12.0. The quantitative estimate of drug-likeness (QED) is 0.581. The Labute approximate surface area is 108 Å². The van der Waals surface area contributed by atoms with Crippen molar-refractivity contribution in [2.45, 2.75) is 6.42 Å². The first-order valence-electron chi connectivity index (χ1n) is 5.17. The molecule has 4 N–H and O–H groups in total. The second-order valence-electron chi connectivity index (χ2n) is 2.89. The van der Waals surface area contributed by atoms with Gasteiger partial charge in [0.15, 0.2) is 0 Å². The van der Waals surface area contributed by atoms with Gasteiger partial charge in [0.25, 0.3) is 0 Å². The maximum atomic E-state index is 10.2. The zero-order valence-electron chi connectivity index (χ0n) is 10.3. The lowest BCUT2D eigenvalue weighted by atomic mass is 10.4. The van der Waals surface area contributed by atoms with E-state index in [2.05, 4.69) is 5.73 Å². The lowest BCUT2D eigenvalue weighted by Crippen LogP contribution is -1.88. The second-order valence-corrected chi connectivity index (χ2v) is 5.65. The number of hydrogen-bond donors (Lipinski definition) is 3. The van der Waals surface area contributed by atoms with Crippen LogP contribution in [0.4, 0.5) is 0 Å². The molecule has 0 saturated carbocycles. The standard InChI is InChI=1S/C6H6.C4H11O3PS.CH5N/c1-2-4-6-5-3-1;1-9-4-2-3-8(5,6)7;1-2/h1-6H;2-4H2,1H3,(H2,5,6,7);2H2,1H3. The lowest BCUT2D eigenvalue weighted by molar-refractivity contribution is 0.372. The lowest BCUT2D eigenvalue weighted by Gasteiger charge is -2.00. The van der Waals surface area contributed by atoms with E-state index in [1.54, 1.807) is 11.8 Å². The van der Waals surface area contributed by atoms with Gasteiger partial charge in [-0.25, -0.2) is 0 Å². The molecule has 0 amide bonds. The Hall–Kier alpha value is -0.320. The second kappa shape index (κ2) is 13.7. The van der Waals surface area contributed by atoms with Gasteiger partial charge in [-0.2, -0.15) is 11.8 Å². The molecule has 0 bridgehead atoms. The van der Waals surface area contributed by atoms with Gasteiger partial charge in [0, 0.05) is 0 Å². The molecule has 0 saturated heterocycles. The molecule has 17 heavy (non-hydrogen) atoms. The van der Waals surface area contributed by atoms with Crippen LogP contribution in [0.25, 0.3) is 0 Å². The van der Waals surface area contributed by atoms with Crippen molar-refractivity contribution in [2.24, 2.45) is 5.73 Å². The Morgan fingerprint density at radius 1 is 1.06 bits per heavy atom. The third kappa shape index (κ3) is 21.5. The summed E-state index contributed by atoms with van der Waals surface area (Å²) >= 11 is 1.60. The summed E-state index contributed by atoms with van der Waals surface area (Å²) in [5, 5.41) is 0. The highest BCUT2D eigenvalue weighted by molar-refractivity contribution is 7.98. The van der Waals surface area contributed by atoms with Crippen LogP contribution in [-0.2, 0) is 4.57 Å². The van der Waals surface area contributed by atoms with Crippen molar-refractivity contribution in [1.82, 2.24) is 0 Å². The van der Waals surface area contributed by atoms with Crippen LogP contribution >= 0.6 is 19.4 Å². The molecule has 0 heterocycles. The van der Waals surface area contributed by atoms with Crippen molar-refractivity contribution < 1.29 is 14.4 Å². The van der Waals surface area contributed by atoms with E-state index in [1.807, 2.05) is 42.7 Å². The predicted octanol–water partition coefficient (Wildman–Crippen LogP) is 2.18. The minimum absolute atomic E-state index is 0.0217. The summed E-state index contributed by atoms with van der Waals surface area (Å²) in [6, 6.07) is 12.0. The normalized spacial score (nSPS) is 9.47. The van der Waals surface area contributed by atoms with Crippen LogP contribution in [0, 0.1) is 0 Å². The number of hydrogen-bond acceptors (Lipinski definition) is 3. The Bertz CT molecular complexity index is 253. The number of thioether (sulfide) groups is 1. The number of benzene rings is 1. The maximum Gasteiger partial charge on any atom is 0.325 e. The van der Waals surface area contributed by atoms with Gasteiger partial charge >= 0.3 is 7.60 Å². The summed E-state index contributed by atoms with van der Waals surface area (Å²) in [6.07, 6.45) is 2.54. The van der Waals surface area contributed by atoms with Crippen molar-refractivity contribution in [1.29, 1.82) is 0 Å². The van der Waals surface area contributed by atoms with E-state index in [0.717, 1.165) is 5.75 Å². The van der Waals surface area contributed by atoms with E-state index >= 15 is 0 Å². The van der Waals surface area contributed by atoms with Crippen LogP contribution in [0.3, 0.4) is 0 Å². The van der Waals surface area contributed by atoms with E-state index in [4.69, 9.17) is 9.79 Å². The van der Waals surface area contributed by atoms with Crippen LogP contribution in [0.1, 0.15) is 6.42 Å². The minimum Gasteiger partial charge on any atom is -0.333 e. The van der Waals surface area contributed by atoms with E-state index < -0.39 is 7.60 Å². The van der Waals surface area contributed by atoms with Crippen LogP contribution in [0.5, 0.6) is 0 Å². The average molecular weight is 279 g/mol. The zero-order chi connectivity index (χ0) is 13.6. The number of nitrogens with two attached hydrogens (primary N) is 1. The van der Waals surface area contributed by atoms with Crippen LogP contribution in [0.15, 0.2) is 36.4 Å². The monoisotopic (exact) mass is 279 g/mol. The molecule has 0 fully saturated rings. The van der Waals surface area contributed by atoms with Gasteiger partial charge in [0.2, 0.25) is 0 Å². The van der Waals surface area contributed by atoms with E-state index in [1.165, 1.54) is 7.05 Å². The van der Waals surface area contributed by atoms with Crippen LogP contribution in [-0.4, -0.2) is 35.0 Å². The third-order valence-electron chi connectivity index (χ3n) is 1.46. The van der Waals surface area contributed by atoms with Crippen LogP contribution in [0.2, 0.25) is 0 Å². The first kappa shape index (κ1) is 19.0. The SMILES string of the molecule is CN.CSCCCP(=O)(O)O.c1ccccc1. The molecule has 0 aliphatic carbocycles. The molecule has 0 aliphatic rings. The van der Waals surface area contributed by atoms with E-state index in [9.17, 15) is 4.57 Å². The molecular formula is C11H22NO3PS. The maximum absolute atomic E-state index is 10.2. The average Bonchev–Trinajstić information content (AvgIpc) is 2.33. The molecular weight excluding hydrogens is 257 g/mol. The minimum atomic E-state index is -3.71. The number of rotatable bonds is 4. The summed E-state index contributed by atoms with van der Waals surface area (Å²) in [5.74, 6) is 0.825. The van der Waals surface area contributed by atoms with Crippen molar-refractivity contribution >= 4 is 19.4 Å². The first-order chi connectivity index (χ1) is 8.06. The summed E-state index contributed by atoms with van der Waals surface area (Å²) in [4.78, 5) is 16.7. The summed E-state index contributed by atoms with van der Waals surface area (Å²) in [6.45, 7) is 0. The van der Waals surface area contributed by atoms with Crippen LogP contribution < -0.4 is 5.73 Å². The molecule has 0 aromatic heterocycles. The highest BCUT2D eigenvalue weighted by Gasteiger charge is 2.10. The van der Waals surface area contributed by atoms with Gasteiger partial charge in [-0.3, -0.25) is 4.57 Å². The van der Waals surface area contributed by atoms with Gasteiger partial charge in [-0.1, -0.05) is 36.4 Å². The summed E-state index contributed by atoms with van der Waals surface area (Å²) < 4.78 is 10.2. The molecule has 0 aliphatic heterocycles. The molecule has 0 spiro atoms. The summed E-state index contributed by atoms with van der Waals surface area (Å²) in [5.41, 5.74) is 4.50. The third-order valence-corrected chi connectivity index (χ3v) is 3.06. The Kier molecular flexibility index (Phi) is 15.4. The molecule has 1 aromatic rings.